The minimum Gasteiger partial charge on any atom is -0.276 e. The monoisotopic (exact) mass is 126 g/mol. The van der Waals surface area contributed by atoms with Crippen LogP contribution < -0.4 is 0 Å². The second-order valence-corrected chi connectivity index (χ2v) is 1.69. The van der Waals surface area contributed by atoms with Crippen molar-refractivity contribution >= 4 is 0 Å². The van der Waals surface area contributed by atoms with Crippen LogP contribution in [0.2, 0.25) is 0 Å². The fourth-order valence-electron chi connectivity index (χ4n) is 0.544. The first-order chi connectivity index (χ1) is 4.29. The zero-order valence-electron chi connectivity index (χ0n) is 6.55. The molecule has 0 aliphatic heterocycles. The predicted molar refractivity (Wildman–Crippen MR) is 39.3 cm³/mol. The molecule has 0 fully saturated rings. The number of nitrogens with zero attached hydrogens (tertiary/aromatic N) is 2. The maximum atomic E-state index is 3.93. The highest BCUT2D eigenvalue weighted by atomic mass is 15.2. The van der Waals surface area contributed by atoms with E-state index in [1.54, 1.807) is 4.68 Å². The summed E-state index contributed by atoms with van der Waals surface area (Å²) in [5.41, 5.74) is 1.21. The number of rotatable bonds is 0. The molecule has 1 aromatic rings. The molecule has 9 heavy (non-hydrogen) atoms. The normalized spacial score (nSPS) is 8.00. The van der Waals surface area contributed by atoms with E-state index in [1.807, 2.05) is 40.2 Å². The van der Waals surface area contributed by atoms with E-state index in [1.165, 1.54) is 5.56 Å². The van der Waals surface area contributed by atoms with Crippen molar-refractivity contribution in [3.63, 3.8) is 0 Å². The molecule has 1 rings (SSSR count). The molecule has 1 aromatic heterocycles. The molecule has 0 saturated heterocycles. The van der Waals surface area contributed by atoms with Gasteiger partial charge in [-0.05, 0) is 12.5 Å². The average Bonchev–Trinajstić information content (AvgIpc) is 2.20. The van der Waals surface area contributed by atoms with Crippen molar-refractivity contribution < 1.29 is 0 Å². The molecule has 0 aliphatic carbocycles. The van der Waals surface area contributed by atoms with Gasteiger partial charge in [-0.25, -0.2) is 0 Å². The largest absolute Gasteiger partial charge is 0.276 e. The number of aryl methyl sites for hydroxylation is 2. The second kappa shape index (κ2) is 4.13. The molecular formula is C7H14N2. The fourth-order valence-corrected chi connectivity index (χ4v) is 0.544. The zero-order chi connectivity index (χ0) is 7.28. The van der Waals surface area contributed by atoms with Crippen LogP contribution in [0.5, 0.6) is 0 Å². The van der Waals surface area contributed by atoms with Gasteiger partial charge in [-0.15, -0.1) is 0 Å². The molecule has 0 unspecified atom stereocenters. The summed E-state index contributed by atoms with van der Waals surface area (Å²) in [6.07, 6.45) is 3.81. The van der Waals surface area contributed by atoms with Gasteiger partial charge >= 0.3 is 0 Å². The van der Waals surface area contributed by atoms with Crippen molar-refractivity contribution in [1.29, 1.82) is 0 Å². The third-order valence-electron chi connectivity index (χ3n) is 0.834. The van der Waals surface area contributed by atoms with Gasteiger partial charge in [0.25, 0.3) is 0 Å². The Morgan fingerprint density at radius 2 is 2.00 bits per heavy atom. The smallest absolute Gasteiger partial charge is 0.0518 e. The summed E-state index contributed by atoms with van der Waals surface area (Å²) in [5, 5.41) is 3.93. The van der Waals surface area contributed by atoms with Crippen LogP contribution in [-0.2, 0) is 7.05 Å². The lowest BCUT2D eigenvalue weighted by Crippen LogP contribution is -1.83. The first-order valence-electron chi connectivity index (χ1n) is 3.24. The van der Waals surface area contributed by atoms with E-state index in [4.69, 9.17) is 0 Å². The summed E-state index contributed by atoms with van der Waals surface area (Å²) in [4.78, 5) is 0. The molecule has 0 atom stereocenters. The van der Waals surface area contributed by atoms with Gasteiger partial charge in [0.15, 0.2) is 0 Å². The van der Waals surface area contributed by atoms with Gasteiger partial charge in [0, 0.05) is 13.2 Å². The highest BCUT2D eigenvalue weighted by molar-refractivity contribution is 4.98. The van der Waals surface area contributed by atoms with Crippen LogP contribution >= 0.6 is 0 Å². The van der Waals surface area contributed by atoms with Gasteiger partial charge in [-0.1, -0.05) is 13.8 Å². The van der Waals surface area contributed by atoms with Crippen molar-refractivity contribution in [2.75, 3.05) is 0 Å². The van der Waals surface area contributed by atoms with E-state index in [0.717, 1.165) is 0 Å². The molecule has 0 aromatic carbocycles. The Bertz CT molecular complexity index is 139. The highest BCUT2D eigenvalue weighted by Crippen LogP contribution is 1.88. The van der Waals surface area contributed by atoms with E-state index in [-0.39, 0.29) is 0 Å². The van der Waals surface area contributed by atoms with Crippen LogP contribution in [0.1, 0.15) is 19.4 Å². The Hall–Kier alpha value is -0.790. The minimum absolute atomic E-state index is 1.21. The number of hydrogen-bond acceptors (Lipinski definition) is 1. The van der Waals surface area contributed by atoms with E-state index < -0.39 is 0 Å². The number of hydrogen-bond donors (Lipinski definition) is 0. The predicted octanol–water partition coefficient (Wildman–Crippen LogP) is 1.75. The Morgan fingerprint density at radius 1 is 1.44 bits per heavy atom. The van der Waals surface area contributed by atoms with Crippen molar-refractivity contribution in [2.45, 2.75) is 20.8 Å². The third-order valence-corrected chi connectivity index (χ3v) is 0.834. The van der Waals surface area contributed by atoms with Gasteiger partial charge in [-0.2, -0.15) is 5.10 Å². The Morgan fingerprint density at radius 3 is 2.11 bits per heavy atom. The number of aromatic nitrogens is 2. The molecule has 2 nitrogen and oxygen atoms in total. The van der Waals surface area contributed by atoms with Crippen LogP contribution in [0.3, 0.4) is 0 Å². The molecule has 0 spiro atoms. The van der Waals surface area contributed by atoms with Crippen molar-refractivity contribution in [3.05, 3.63) is 18.0 Å². The van der Waals surface area contributed by atoms with Crippen molar-refractivity contribution in [2.24, 2.45) is 7.05 Å². The SMILES string of the molecule is CC.Cc1cnn(C)c1. The molecular weight excluding hydrogens is 112 g/mol. The Balaban J connectivity index is 0.000000291. The van der Waals surface area contributed by atoms with Crippen LogP contribution in [0.25, 0.3) is 0 Å². The summed E-state index contributed by atoms with van der Waals surface area (Å²) < 4.78 is 1.79. The second-order valence-electron chi connectivity index (χ2n) is 1.69. The summed E-state index contributed by atoms with van der Waals surface area (Å²) in [7, 11) is 1.91. The summed E-state index contributed by atoms with van der Waals surface area (Å²) in [6, 6.07) is 0. The lowest BCUT2D eigenvalue weighted by Gasteiger charge is -1.78. The van der Waals surface area contributed by atoms with Crippen LogP contribution in [-0.4, -0.2) is 9.78 Å². The van der Waals surface area contributed by atoms with E-state index >= 15 is 0 Å². The first kappa shape index (κ1) is 8.21. The molecule has 0 amide bonds. The molecule has 0 saturated carbocycles. The van der Waals surface area contributed by atoms with Crippen LogP contribution in [0.15, 0.2) is 12.4 Å². The first-order valence-corrected chi connectivity index (χ1v) is 3.24. The van der Waals surface area contributed by atoms with Gasteiger partial charge in [-0.3, -0.25) is 4.68 Å². The fraction of sp³-hybridized carbons (Fsp3) is 0.571. The van der Waals surface area contributed by atoms with Crippen LogP contribution in [0, 0.1) is 6.92 Å². The molecule has 0 aliphatic rings. The molecule has 0 N–H and O–H groups in total. The highest BCUT2D eigenvalue weighted by Gasteiger charge is 1.81. The van der Waals surface area contributed by atoms with Crippen LogP contribution in [0.4, 0.5) is 0 Å². The lowest BCUT2D eigenvalue weighted by molar-refractivity contribution is 0.767. The topological polar surface area (TPSA) is 17.8 Å². The molecule has 0 bridgehead atoms. The maximum absolute atomic E-state index is 3.93. The molecule has 1 heterocycles. The maximum Gasteiger partial charge on any atom is 0.0518 e. The van der Waals surface area contributed by atoms with Gasteiger partial charge in [0.05, 0.1) is 6.20 Å². The Labute approximate surface area is 56.5 Å². The third kappa shape index (κ3) is 2.90. The standard InChI is InChI=1S/C5H8N2.C2H6/c1-5-3-6-7(2)4-5;1-2/h3-4H,1-2H3;1-2H3. The van der Waals surface area contributed by atoms with Gasteiger partial charge in [0.2, 0.25) is 0 Å². The molecule has 52 valence electrons. The molecule has 2 heteroatoms. The van der Waals surface area contributed by atoms with E-state index in [9.17, 15) is 0 Å². The quantitative estimate of drug-likeness (QED) is 0.518. The lowest BCUT2D eigenvalue weighted by atomic mass is 10.4. The van der Waals surface area contributed by atoms with Crippen molar-refractivity contribution in [3.8, 4) is 0 Å². The Kier molecular flexibility index (Phi) is 3.76. The molecule has 0 radical (unpaired) electrons. The summed E-state index contributed by atoms with van der Waals surface area (Å²) >= 11 is 0. The summed E-state index contributed by atoms with van der Waals surface area (Å²) in [5.74, 6) is 0. The van der Waals surface area contributed by atoms with E-state index in [2.05, 4.69) is 5.10 Å². The zero-order valence-corrected chi connectivity index (χ0v) is 6.55. The summed E-state index contributed by atoms with van der Waals surface area (Å²) in [6.45, 7) is 6.02. The van der Waals surface area contributed by atoms with E-state index in [0.29, 0.717) is 0 Å². The average molecular weight is 126 g/mol. The minimum atomic E-state index is 1.21. The van der Waals surface area contributed by atoms with Gasteiger partial charge < -0.3 is 0 Å². The van der Waals surface area contributed by atoms with Crippen molar-refractivity contribution in [1.82, 2.24) is 9.78 Å². The van der Waals surface area contributed by atoms with Gasteiger partial charge in [0.1, 0.15) is 0 Å².